The topological polar surface area (TPSA) is 45.1 Å². The first-order chi connectivity index (χ1) is 10.7. The van der Waals surface area contributed by atoms with Crippen molar-refractivity contribution >= 4 is 0 Å². The second kappa shape index (κ2) is 6.55. The van der Waals surface area contributed by atoms with Gasteiger partial charge in [0.05, 0.1) is 5.60 Å². The average Bonchev–Trinajstić information content (AvgIpc) is 2.96. The van der Waals surface area contributed by atoms with Crippen molar-refractivity contribution in [3.63, 3.8) is 0 Å². The van der Waals surface area contributed by atoms with E-state index in [0.29, 0.717) is 18.7 Å². The Morgan fingerprint density at radius 1 is 1.09 bits per heavy atom. The van der Waals surface area contributed by atoms with Crippen LogP contribution in [0.25, 0.3) is 11.1 Å². The molecular formula is C18H21FN2O. The van der Waals surface area contributed by atoms with Gasteiger partial charge in [0.1, 0.15) is 5.82 Å². The minimum Gasteiger partial charge on any atom is -0.389 e. The predicted octanol–water partition coefficient (Wildman–Crippen LogP) is 3.28. The molecule has 1 aromatic heterocycles. The lowest BCUT2D eigenvalue weighted by atomic mass is 10.0. The van der Waals surface area contributed by atoms with E-state index in [-0.39, 0.29) is 5.82 Å². The number of aliphatic hydroxyl groups is 1. The molecule has 0 radical (unpaired) electrons. The van der Waals surface area contributed by atoms with Crippen molar-refractivity contribution in [2.45, 2.75) is 37.8 Å². The fourth-order valence-electron chi connectivity index (χ4n) is 3.05. The molecule has 0 saturated heterocycles. The third-order valence-electron chi connectivity index (χ3n) is 4.37. The molecule has 0 aliphatic heterocycles. The van der Waals surface area contributed by atoms with Crippen molar-refractivity contribution in [1.29, 1.82) is 0 Å². The second-order valence-corrected chi connectivity index (χ2v) is 6.08. The van der Waals surface area contributed by atoms with E-state index < -0.39 is 5.60 Å². The van der Waals surface area contributed by atoms with E-state index in [4.69, 9.17) is 0 Å². The maximum atomic E-state index is 14.2. The summed E-state index contributed by atoms with van der Waals surface area (Å²) < 4.78 is 14.2. The molecule has 1 saturated carbocycles. The molecule has 3 nitrogen and oxygen atoms in total. The molecule has 1 aromatic carbocycles. The number of aromatic nitrogens is 1. The summed E-state index contributed by atoms with van der Waals surface area (Å²) in [6.45, 7) is 0.962. The van der Waals surface area contributed by atoms with E-state index in [0.717, 1.165) is 36.8 Å². The van der Waals surface area contributed by atoms with Crippen LogP contribution in [-0.4, -0.2) is 22.2 Å². The summed E-state index contributed by atoms with van der Waals surface area (Å²) in [6.07, 6.45) is 7.23. The zero-order valence-electron chi connectivity index (χ0n) is 12.6. The monoisotopic (exact) mass is 300 g/mol. The summed E-state index contributed by atoms with van der Waals surface area (Å²) in [6, 6.07) is 9.00. The molecule has 116 valence electrons. The number of pyridine rings is 1. The zero-order chi connectivity index (χ0) is 15.4. The normalized spacial score (nSPS) is 16.8. The summed E-state index contributed by atoms with van der Waals surface area (Å²) in [7, 11) is 0. The quantitative estimate of drug-likeness (QED) is 0.890. The molecule has 22 heavy (non-hydrogen) atoms. The first-order valence-electron chi connectivity index (χ1n) is 7.78. The highest BCUT2D eigenvalue weighted by atomic mass is 19.1. The van der Waals surface area contributed by atoms with Crippen molar-refractivity contribution in [3.8, 4) is 11.1 Å². The first kappa shape index (κ1) is 15.1. The summed E-state index contributed by atoms with van der Waals surface area (Å²) in [5.41, 5.74) is 1.82. The van der Waals surface area contributed by atoms with Gasteiger partial charge >= 0.3 is 0 Å². The Labute approximate surface area is 130 Å². The molecule has 0 atom stereocenters. The van der Waals surface area contributed by atoms with Gasteiger partial charge < -0.3 is 10.4 Å². The predicted molar refractivity (Wildman–Crippen MR) is 84.8 cm³/mol. The standard InChI is InChI=1S/C18H21FN2O/c19-17-11-15(14-5-9-20-10-6-14)3-4-16(17)12-21-13-18(22)7-1-2-8-18/h3-6,9-11,21-22H,1-2,7-8,12-13H2. The van der Waals surface area contributed by atoms with Crippen LogP contribution in [0.15, 0.2) is 42.7 Å². The van der Waals surface area contributed by atoms with E-state index in [1.165, 1.54) is 0 Å². The van der Waals surface area contributed by atoms with E-state index in [9.17, 15) is 9.50 Å². The maximum Gasteiger partial charge on any atom is 0.128 e. The number of hydrogen-bond donors (Lipinski definition) is 2. The average molecular weight is 300 g/mol. The second-order valence-electron chi connectivity index (χ2n) is 6.08. The molecule has 1 heterocycles. The Morgan fingerprint density at radius 3 is 2.50 bits per heavy atom. The molecule has 0 unspecified atom stereocenters. The van der Waals surface area contributed by atoms with Crippen LogP contribution >= 0.6 is 0 Å². The van der Waals surface area contributed by atoms with Gasteiger partial charge in [-0.05, 0) is 42.2 Å². The van der Waals surface area contributed by atoms with Gasteiger partial charge in [0.25, 0.3) is 0 Å². The summed E-state index contributed by atoms with van der Waals surface area (Å²) in [5, 5.41) is 13.5. The molecule has 1 aliphatic carbocycles. The van der Waals surface area contributed by atoms with Crippen LogP contribution in [0.1, 0.15) is 31.2 Å². The maximum absolute atomic E-state index is 14.2. The Morgan fingerprint density at radius 2 is 1.82 bits per heavy atom. The third-order valence-corrected chi connectivity index (χ3v) is 4.37. The van der Waals surface area contributed by atoms with Gasteiger partial charge in [0.2, 0.25) is 0 Å². The van der Waals surface area contributed by atoms with Gasteiger partial charge in [-0.2, -0.15) is 0 Å². The number of halogens is 1. The minimum absolute atomic E-state index is 0.222. The Hall–Kier alpha value is -1.78. The number of nitrogens with zero attached hydrogens (tertiary/aromatic N) is 1. The van der Waals surface area contributed by atoms with Crippen molar-refractivity contribution in [2.24, 2.45) is 0 Å². The van der Waals surface area contributed by atoms with Crippen LogP contribution in [0.5, 0.6) is 0 Å². The van der Waals surface area contributed by atoms with Crippen LogP contribution in [0, 0.1) is 5.82 Å². The lowest BCUT2D eigenvalue weighted by Gasteiger charge is -2.22. The minimum atomic E-state index is -0.604. The lowest BCUT2D eigenvalue weighted by molar-refractivity contribution is 0.0474. The van der Waals surface area contributed by atoms with Crippen molar-refractivity contribution in [2.75, 3.05) is 6.54 Å². The fourth-order valence-corrected chi connectivity index (χ4v) is 3.05. The van der Waals surface area contributed by atoms with Gasteiger partial charge in [0.15, 0.2) is 0 Å². The Bertz CT molecular complexity index is 624. The van der Waals surface area contributed by atoms with Crippen LogP contribution < -0.4 is 5.32 Å². The highest BCUT2D eigenvalue weighted by Gasteiger charge is 2.30. The Kier molecular flexibility index (Phi) is 4.50. The number of nitrogens with one attached hydrogen (secondary N) is 1. The molecule has 2 N–H and O–H groups in total. The molecule has 1 aliphatic rings. The van der Waals surface area contributed by atoms with Gasteiger partial charge in [-0.1, -0.05) is 25.0 Å². The van der Waals surface area contributed by atoms with E-state index >= 15 is 0 Å². The summed E-state index contributed by atoms with van der Waals surface area (Å²) >= 11 is 0. The molecule has 0 bridgehead atoms. The number of rotatable bonds is 5. The highest BCUT2D eigenvalue weighted by molar-refractivity contribution is 5.63. The van der Waals surface area contributed by atoms with Gasteiger partial charge in [-0.25, -0.2) is 4.39 Å². The number of benzene rings is 1. The van der Waals surface area contributed by atoms with E-state index in [1.807, 2.05) is 18.2 Å². The smallest absolute Gasteiger partial charge is 0.128 e. The van der Waals surface area contributed by atoms with Crippen molar-refractivity contribution in [1.82, 2.24) is 10.3 Å². The Balaban J connectivity index is 1.63. The SMILES string of the molecule is OC1(CNCc2ccc(-c3ccncc3)cc2F)CCCC1. The summed E-state index contributed by atoms with van der Waals surface area (Å²) in [5.74, 6) is -0.222. The lowest BCUT2D eigenvalue weighted by Crippen LogP contribution is -2.37. The van der Waals surface area contributed by atoms with Crippen molar-refractivity contribution in [3.05, 3.63) is 54.1 Å². The van der Waals surface area contributed by atoms with Gasteiger partial charge in [-0.15, -0.1) is 0 Å². The van der Waals surface area contributed by atoms with Crippen molar-refractivity contribution < 1.29 is 9.50 Å². The van der Waals surface area contributed by atoms with Crippen LogP contribution in [0.2, 0.25) is 0 Å². The molecule has 0 spiro atoms. The van der Waals surface area contributed by atoms with E-state index in [1.54, 1.807) is 24.5 Å². The van der Waals surface area contributed by atoms with Gasteiger partial charge in [0, 0.05) is 31.0 Å². The van der Waals surface area contributed by atoms with Crippen LogP contribution in [-0.2, 0) is 6.54 Å². The van der Waals surface area contributed by atoms with Gasteiger partial charge in [-0.3, -0.25) is 4.98 Å². The van der Waals surface area contributed by atoms with E-state index in [2.05, 4.69) is 10.3 Å². The summed E-state index contributed by atoms with van der Waals surface area (Å²) in [4.78, 5) is 3.97. The molecule has 1 fully saturated rings. The molecule has 4 heteroatoms. The van der Waals surface area contributed by atoms with Crippen LogP contribution in [0.3, 0.4) is 0 Å². The first-order valence-corrected chi connectivity index (χ1v) is 7.78. The molecular weight excluding hydrogens is 279 g/mol. The molecule has 0 amide bonds. The third kappa shape index (κ3) is 3.51. The largest absolute Gasteiger partial charge is 0.389 e. The van der Waals surface area contributed by atoms with Crippen LogP contribution in [0.4, 0.5) is 4.39 Å². The molecule has 2 aromatic rings. The fraction of sp³-hybridized carbons (Fsp3) is 0.389. The molecule has 3 rings (SSSR count). The number of hydrogen-bond acceptors (Lipinski definition) is 3. The highest BCUT2D eigenvalue weighted by Crippen LogP contribution is 2.28. The zero-order valence-corrected chi connectivity index (χ0v) is 12.6.